The molecule has 0 radical (unpaired) electrons. The van der Waals surface area contributed by atoms with Gasteiger partial charge < -0.3 is 20.6 Å². The molecule has 4 aromatic rings. The minimum Gasteiger partial charge on any atom is -0.481 e. The maximum Gasteiger partial charge on any atom is 0.339 e. The number of hydrogen-bond donors (Lipinski definition) is 4. The van der Waals surface area contributed by atoms with Gasteiger partial charge in [-0.2, -0.15) is 0 Å². The Kier molecular flexibility index (Phi) is 13.0. The highest BCUT2D eigenvalue weighted by atomic mass is 19.1. The van der Waals surface area contributed by atoms with Crippen LogP contribution in [-0.4, -0.2) is 80.6 Å². The number of rotatable bonds is 14. The zero-order valence-corrected chi connectivity index (χ0v) is 28.4. The van der Waals surface area contributed by atoms with Gasteiger partial charge in [-0.1, -0.05) is 97.1 Å². The number of likely N-dealkylation sites (tertiary alicyclic amines) is 1. The molecule has 1 fully saturated rings. The van der Waals surface area contributed by atoms with E-state index in [1.165, 1.54) is 6.20 Å². The first-order valence-electron chi connectivity index (χ1n) is 17.0. The lowest BCUT2D eigenvalue weighted by atomic mass is 10.0. The number of hydrogen-bond acceptors (Lipinski definition) is 6. The first-order chi connectivity index (χ1) is 25.1. The minimum absolute atomic E-state index is 0.00800. The molecule has 0 saturated carbocycles. The molecule has 0 spiro atoms. The Bertz CT molecular complexity index is 1800. The molecular weight excluding hydrogens is 667 g/mol. The quantitative estimate of drug-likeness (QED) is 0.146. The van der Waals surface area contributed by atoms with Crippen LogP contribution >= 0.6 is 0 Å². The molecule has 2 heterocycles. The normalized spacial score (nSPS) is 16.3. The molecule has 1 saturated heterocycles. The zero-order valence-electron chi connectivity index (χ0n) is 28.4. The van der Waals surface area contributed by atoms with Gasteiger partial charge in [-0.05, 0) is 34.7 Å². The van der Waals surface area contributed by atoms with E-state index in [1.54, 1.807) is 66.9 Å². The molecule has 5 rings (SSSR count). The first kappa shape index (κ1) is 37.2. The molecular formula is C39H41FN6O6. The van der Waals surface area contributed by atoms with Crippen LogP contribution < -0.4 is 16.1 Å². The number of urea groups is 1. The fourth-order valence-electron chi connectivity index (χ4n) is 6.11. The fourth-order valence-corrected chi connectivity index (χ4v) is 6.11. The average Bonchev–Trinajstić information content (AvgIpc) is 3.53. The number of hydrazine groups is 1. The summed E-state index contributed by atoms with van der Waals surface area (Å²) >= 11 is 0. The van der Waals surface area contributed by atoms with Crippen molar-refractivity contribution in [3.8, 4) is 0 Å². The van der Waals surface area contributed by atoms with E-state index in [4.69, 9.17) is 0 Å². The lowest BCUT2D eigenvalue weighted by Gasteiger charge is -2.32. The number of nitrogens with zero attached hydrogens (tertiary/aromatic N) is 3. The van der Waals surface area contributed by atoms with Crippen molar-refractivity contribution < 1.29 is 33.5 Å². The minimum atomic E-state index is -1.55. The highest BCUT2D eigenvalue weighted by Crippen LogP contribution is 2.23. The number of alkyl halides is 1. The van der Waals surface area contributed by atoms with Crippen LogP contribution in [0, 0.1) is 0 Å². The first-order valence-corrected chi connectivity index (χ1v) is 17.0. The third-order valence-electron chi connectivity index (χ3n) is 8.57. The summed E-state index contributed by atoms with van der Waals surface area (Å²) in [6.45, 7) is -0.464. The maximum absolute atomic E-state index is 15.1. The average molecular weight is 709 g/mol. The van der Waals surface area contributed by atoms with Crippen molar-refractivity contribution in [3.05, 3.63) is 138 Å². The fraction of sp³-hybridized carbons (Fsp3) is 0.282. The molecule has 270 valence electrons. The van der Waals surface area contributed by atoms with Crippen molar-refractivity contribution in [2.24, 2.45) is 0 Å². The number of nitrogens with one attached hydrogen (secondary N) is 3. The summed E-state index contributed by atoms with van der Waals surface area (Å²) in [6, 6.07) is 26.2. The van der Waals surface area contributed by atoms with Gasteiger partial charge in [0.2, 0.25) is 17.7 Å². The lowest BCUT2D eigenvalue weighted by molar-refractivity contribution is -0.138. The van der Waals surface area contributed by atoms with Gasteiger partial charge in [0.15, 0.2) is 0 Å². The van der Waals surface area contributed by atoms with Gasteiger partial charge in [0.1, 0.15) is 18.3 Å². The number of aliphatic carboxylic acids is 1. The number of carbonyl (C=O) groups excluding carboxylic acids is 4. The molecule has 52 heavy (non-hydrogen) atoms. The van der Waals surface area contributed by atoms with E-state index in [0.717, 1.165) is 21.0 Å². The van der Waals surface area contributed by atoms with Gasteiger partial charge in [-0.25, -0.2) is 14.2 Å². The predicted octanol–water partition coefficient (Wildman–Crippen LogP) is 3.62. The Labute approximate surface area is 301 Å². The SMILES string of the molecule is O=C(O)C[C@H](Cc1ccccc1)NC(=O)[C@H](Cc1cccnc1)NC(=O)[C@@H]1C[C@H](F)CN1C(=O)N(Cc1ccccc1)NC(=O)Cc1ccccc1. The summed E-state index contributed by atoms with van der Waals surface area (Å²) in [4.78, 5) is 71.8. The van der Waals surface area contributed by atoms with Crippen LogP contribution in [0.5, 0.6) is 0 Å². The maximum atomic E-state index is 15.1. The van der Waals surface area contributed by atoms with Crippen LogP contribution in [0.4, 0.5) is 9.18 Å². The van der Waals surface area contributed by atoms with Crippen molar-refractivity contribution in [1.82, 2.24) is 31.0 Å². The Balaban J connectivity index is 1.35. The Hall–Kier alpha value is -6.11. The van der Waals surface area contributed by atoms with E-state index in [2.05, 4.69) is 21.0 Å². The number of carboxylic acid groups (broad SMARTS) is 1. The summed E-state index contributed by atoms with van der Waals surface area (Å²) in [7, 11) is 0. The number of halogens is 1. The summed E-state index contributed by atoms with van der Waals surface area (Å²) in [5.41, 5.74) is 5.48. The van der Waals surface area contributed by atoms with Gasteiger partial charge in [-0.3, -0.25) is 29.6 Å². The van der Waals surface area contributed by atoms with Crippen molar-refractivity contribution in [2.45, 2.75) is 62.9 Å². The topological polar surface area (TPSA) is 161 Å². The number of carbonyl (C=O) groups is 5. The van der Waals surface area contributed by atoms with Crippen LogP contribution in [0.2, 0.25) is 0 Å². The van der Waals surface area contributed by atoms with Crippen LogP contribution in [0.1, 0.15) is 35.1 Å². The molecule has 0 aliphatic carbocycles. The zero-order chi connectivity index (χ0) is 36.9. The molecule has 4 atom stereocenters. The van der Waals surface area contributed by atoms with E-state index in [0.29, 0.717) is 11.1 Å². The summed E-state index contributed by atoms with van der Waals surface area (Å²) in [6.07, 6.45) is 1.06. The molecule has 1 aliphatic heterocycles. The molecule has 4 N–H and O–H groups in total. The van der Waals surface area contributed by atoms with Gasteiger partial charge in [0.25, 0.3) is 0 Å². The van der Waals surface area contributed by atoms with Crippen molar-refractivity contribution in [3.63, 3.8) is 0 Å². The smallest absolute Gasteiger partial charge is 0.339 e. The van der Waals surface area contributed by atoms with Crippen LogP contribution in [0.3, 0.4) is 0 Å². The molecule has 1 aromatic heterocycles. The molecule has 5 amide bonds. The van der Waals surface area contributed by atoms with Crippen LogP contribution in [0.25, 0.3) is 0 Å². The van der Waals surface area contributed by atoms with Crippen LogP contribution in [-0.2, 0) is 45.0 Å². The number of amides is 5. The largest absolute Gasteiger partial charge is 0.481 e. The van der Waals surface area contributed by atoms with E-state index in [1.807, 2.05) is 42.5 Å². The monoisotopic (exact) mass is 708 g/mol. The van der Waals surface area contributed by atoms with Gasteiger partial charge in [0, 0.05) is 31.3 Å². The van der Waals surface area contributed by atoms with E-state index < -0.39 is 60.6 Å². The van der Waals surface area contributed by atoms with E-state index in [-0.39, 0.29) is 38.6 Å². The third-order valence-corrected chi connectivity index (χ3v) is 8.57. The third kappa shape index (κ3) is 10.9. The molecule has 12 nitrogen and oxygen atoms in total. The molecule has 3 aromatic carbocycles. The molecule has 13 heteroatoms. The summed E-state index contributed by atoms with van der Waals surface area (Å²) in [5, 5.41) is 16.1. The van der Waals surface area contributed by atoms with E-state index in [9.17, 15) is 29.1 Å². The number of pyridine rings is 1. The van der Waals surface area contributed by atoms with Gasteiger partial charge in [0.05, 0.1) is 25.9 Å². The molecule has 0 bridgehead atoms. The second kappa shape index (κ2) is 18.2. The van der Waals surface area contributed by atoms with Crippen molar-refractivity contribution >= 4 is 29.7 Å². The molecule has 0 unspecified atom stereocenters. The summed E-state index contributed by atoms with van der Waals surface area (Å²) in [5.74, 6) is -3.01. The van der Waals surface area contributed by atoms with Crippen molar-refractivity contribution in [1.29, 1.82) is 0 Å². The highest BCUT2D eigenvalue weighted by molar-refractivity contribution is 5.93. The van der Waals surface area contributed by atoms with E-state index >= 15 is 4.39 Å². The second-order valence-corrected chi connectivity index (χ2v) is 12.7. The number of benzene rings is 3. The molecule has 1 aliphatic rings. The Morgan fingerprint density at radius 3 is 2.04 bits per heavy atom. The predicted molar refractivity (Wildman–Crippen MR) is 190 cm³/mol. The Morgan fingerprint density at radius 2 is 1.42 bits per heavy atom. The van der Waals surface area contributed by atoms with Crippen LogP contribution in [0.15, 0.2) is 116 Å². The number of carboxylic acids is 1. The highest BCUT2D eigenvalue weighted by Gasteiger charge is 2.43. The summed E-state index contributed by atoms with van der Waals surface area (Å²) < 4.78 is 15.1. The number of aromatic nitrogens is 1. The lowest BCUT2D eigenvalue weighted by Crippen LogP contribution is -2.58. The second-order valence-electron chi connectivity index (χ2n) is 12.7. The van der Waals surface area contributed by atoms with Gasteiger partial charge >= 0.3 is 12.0 Å². The standard InChI is InChI=1S/C39H41FN6O6/c40-31-22-34(45(26-31)39(52)46(25-29-15-8-3-9-16-29)44-35(47)21-28-13-6-2-7-14-28)38(51)43-33(20-30-17-10-18-41-24-30)37(50)42-32(23-36(48)49)19-27-11-4-1-5-12-27/h1-18,24,31-34H,19-23,25-26H2,(H,42,50)(H,43,51)(H,44,47)(H,48,49)/t31-,32-,33-,34-/m0/s1. The Morgan fingerprint density at radius 1 is 0.808 bits per heavy atom. The van der Waals surface area contributed by atoms with Crippen molar-refractivity contribution in [2.75, 3.05) is 6.54 Å². The van der Waals surface area contributed by atoms with Gasteiger partial charge in [-0.15, -0.1) is 0 Å².